The lowest BCUT2D eigenvalue weighted by molar-refractivity contribution is 0.414. The molecule has 0 aliphatic heterocycles. The summed E-state index contributed by atoms with van der Waals surface area (Å²) in [5, 5.41) is 11.8. The quantitative estimate of drug-likeness (QED) is 0.738. The minimum atomic E-state index is -0.297. The van der Waals surface area contributed by atoms with Crippen molar-refractivity contribution in [1.82, 2.24) is 19.8 Å². The van der Waals surface area contributed by atoms with Crippen LogP contribution in [0.1, 0.15) is 11.3 Å². The number of methoxy groups -OCH3 is 1. The second-order valence-corrected chi connectivity index (χ2v) is 5.56. The van der Waals surface area contributed by atoms with E-state index >= 15 is 0 Å². The summed E-state index contributed by atoms with van der Waals surface area (Å²) >= 11 is 6.88. The molecule has 3 aromatic rings. The van der Waals surface area contributed by atoms with Crippen molar-refractivity contribution in [3.05, 3.63) is 50.3 Å². The van der Waals surface area contributed by atoms with Gasteiger partial charge in [-0.05, 0) is 29.3 Å². The van der Waals surface area contributed by atoms with E-state index in [2.05, 4.69) is 15.3 Å². The van der Waals surface area contributed by atoms with E-state index in [1.165, 1.54) is 4.52 Å². The van der Waals surface area contributed by atoms with Crippen LogP contribution in [0.3, 0.4) is 0 Å². The van der Waals surface area contributed by atoms with Crippen molar-refractivity contribution in [3.63, 3.8) is 0 Å². The second-order valence-electron chi connectivity index (χ2n) is 4.03. The van der Waals surface area contributed by atoms with Crippen molar-refractivity contribution in [3.8, 4) is 5.75 Å². The highest BCUT2D eigenvalue weighted by Gasteiger charge is 2.11. The third-order valence-electron chi connectivity index (χ3n) is 2.76. The van der Waals surface area contributed by atoms with E-state index in [4.69, 9.17) is 16.3 Å². The molecule has 3 rings (SSSR count). The summed E-state index contributed by atoms with van der Waals surface area (Å²) in [6.45, 7) is 0. The van der Waals surface area contributed by atoms with Gasteiger partial charge in [-0.1, -0.05) is 23.5 Å². The first kappa shape index (κ1) is 13.0. The molecule has 0 N–H and O–H groups in total. The molecule has 8 heteroatoms. The van der Waals surface area contributed by atoms with Crippen molar-refractivity contribution in [2.75, 3.05) is 7.11 Å². The maximum Gasteiger partial charge on any atom is 0.297 e. The van der Waals surface area contributed by atoms with Gasteiger partial charge < -0.3 is 4.74 Å². The highest BCUT2D eigenvalue weighted by atomic mass is 35.5. The predicted molar refractivity (Wildman–Crippen MR) is 75.7 cm³/mol. The molecule has 20 heavy (non-hydrogen) atoms. The van der Waals surface area contributed by atoms with Gasteiger partial charge in [-0.15, -0.1) is 15.3 Å². The number of aromatic nitrogens is 4. The zero-order valence-electron chi connectivity index (χ0n) is 10.4. The van der Waals surface area contributed by atoms with E-state index in [0.29, 0.717) is 17.1 Å². The van der Waals surface area contributed by atoms with Gasteiger partial charge >= 0.3 is 0 Å². The van der Waals surface area contributed by atoms with Crippen LogP contribution in [0.15, 0.2) is 29.1 Å². The van der Waals surface area contributed by atoms with Crippen molar-refractivity contribution < 1.29 is 4.74 Å². The molecular formula is C12H9ClN4O2S. The SMILES string of the molecule is COc1ccc(Cc2nnc3sc(Cl)nn3c2=O)cc1. The Hall–Kier alpha value is -1.99. The maximum atomic E-state index is 12.2. The fraction of sp³-hybridized carbons (Fsp3) is 0.167. The number of hydrogen-bond donors (Lipinski definition) is 0. The predicted octanol–water partition coefficient (Wildman–Crippen LogP) is 1.80. The van der Waals surface area contributed by atoms with Gasteiger partial charge in [0.05, 0.1) is 7.11 Å². The molecule has 0 spiro atoms. The van der Waals surface area contributed by atoms with E-state index in [1.54, 1.807) is 7.11 Å². The lowest BCUT2D eigenvalue weighted by Gasteiger charge is -2.02. The minimum absolute atomic E-state index is 0.262. The first-order valence-electron chi connectivity index (χ1n) is 5.71. The van der Waals surface area contributed by atoms with E-state index < -0.39 is 0 Å². The van der Waals surface area contributed by atoms with Crippen LogP contribution in [0, 0.1) is 0 Å². The molecule has 1 aromatic carbocycles. The van der Waals surface area contributed by atoms with Gasteiger partial charge in [-0.25, -0.2) is 0 Å². The zero-order chi connectivity index (χ0) is 14.1. The Kier molecular flexibility index (Phi) is 3.37. The smallest absolute Gasteiger partial charge is 0.297 e. The minimum Gasteiger partial charge on any atom is -0.497 e. The molecule has 102 valence electrons. The largest absolute Gasteiger partial charge is 0.497 e. The Bertz CT molecular complexity index is 812. The summed E-state index contributed by atoms with van der Waals surface area (Å²) in [6.07, 6.45) is 0.383. The number of hydrogen-bond acceptors (Lipinski definition) is 6. The van der Waals surface area contributed by atoms with Gasteiger partial charge in [0.2, 0.25) is 9.43 Å². The van der Waals surface area contributed by atoms with Crippen LogP contribution in [0.5, 0.6) is 5.75 Å². The first-order chi connectivity index (χ1) is 9.67. The van der Waals surface area contributed by atoms with Gasteiger partial charge in [-0.2, -0.15) is 4.52 Å². The molecule has 0 aliphatic rings. The highest BCUT2D eigenvalue weighted by molar-refractivity contribution is 7.20. The van der Waals surface area contributed by atoms with Crippen LogP contribution < -0.4 is 10.3 Å². The van der Waals surface area contributed by atoms with Crippen LogP contribution >= 0.6 is 22.9 Å². The van der Waals surface area contributed by atoms with Gasteiger partial charge in [0, 0.05) is 6.42 Å². The Morgan fingerprint density at radius 1 is 1.30 bits per heavy atom. The molecule has 0 radical (unpaired) electrons. The fourth-order valence-electron chi connectivity index (χ4n) is 1.77. The van der Waals surface area contributed by atoms with Gasteiger partial charge in [-0.3, -0.25) is 4.79 Å². The van der Waals surface area contributed by atoms with Gasteiger partial charge in [0.15, 0.2) is 0 Å². The lowest BCUT2D eigenvalue weighted by Crippen LogP contribution is -2.22. The molecule has 0 fully saturated rings. The third kappa shape index (κ3) is 2.37. The number of ether oxygens (including phenoxy) is 1. The molecular weight excluding hydrogens is 300 g/mol. The average molecular weight is 309 g/mol. The van der Waals surface area contributed by atoms with Crippen LogP contribution in [-0.2, 0) is 6.42 Å². The maximum absolute atomic E-state index is 12.2. The summed E-state index contributed by atoms with van der Waals surface area (Å²) in [5.41, 5.74) is 0.974. The number of benzene rings is 1. The molecule has 2 aromatic heterocycles. The van der Waals surface area contributed by atoms with Crippen LogP contribution in [0.4, 0.5) is 0 Å². The molecule has 0 amide bonds. The summed E-state index contributed by atoms with van der Waals surface area (Å²) in [4.78, 5) is 12.6. The first-order valence-corrected chi connectivity index (χ1v) is 6.90. The van der Waals surface area contributed by atoms with E-state index in [1.807, 2.05) is 24.3 Å². The topological polar surface area (TPSA) is 69.4 Å². The highest BCUT2D eigenvalue weighted by Crippen LogP contribution is 2.16. The van der Waals surface area contributed by atoms with Crippen LogP contribution in [-0.4, -0.2) is 26.9 Å². The summed E-state index contributed by atoms with van der Waals surface area (Å²) < 4.78 is 6.53. The number of rotatable bonds is 3. The number of fused-ring (bicyclic) bond motifs is 1. The number of nitrogens with zero attached hydrogens (tertiary/aromatic N) is 4. The summed E-state index contributed by atoms with van der Waals surface area (Å²) in [5.74, 6) is 0.762. The van der Waals surface area contributed by atoms with Crippen molar-refractivity contribution in [2.45, 2.75) is 6.42 Å². The average Bonchev–Trinajstić information content (AvgIpc) is 2.84. The summed E-state index contributed by atoms with van der Waals surface area (Å²) in [6, 6.07) is 7.42. The second kappa shape index (κ2) is 5.18. The molecule has 6 nitrogen and oxygen atoms in total. The van der Waals surface area contributed by atoms with E-state index in [-0.39, 0.29) is 10.0 Å². The number of halogens is 1. The normalized spacial score (nSPS) is 10.9. The standard InChI is InChI=1S/C12H9ClN4O2S/c1-19-8-4-2-7(3-5-8)6-9-10(18)17-12(15-14-9)20-11(13)16-17/h2-5H,6H2,1H3. The Morgan fingerprint density at radius 3 is 2.75 bits per heavy atom. The Balaban J connectivity index is 1.97. The van der Waals surface area contributed by atoms with E-state index in [0.717, 1.165) is 22.6 Å². The molecule has 2 heterocycles. The van der Waals surface area contributed by atoms with Crippen LogP contribution in [0.2, 0.25) is 4.47 Å². The summed E-state index contributed by atoms with van der Waals surface area (Å²) in [7, 11) is 1.60. The fourth-order valence-corrected chi connectivity index (χ4v) is 2.62. The monoisotopic (exact) mass is 308 g/mol. The lowest BCUT2D eigenvalue weighted by atomic mass is 10.1. The molecule has 0 bridgehead atoms. The molecule has 0 atom stereocenters. The van der Waals surface area contributed by atoms with Crippen molar-refractivity contribution in [2.24, 2.45) is 0 Å². The van der Waals surface area contributed by atoms with Gasteiger partial charge in [0.25, 0.3) is 5.56 Å². The molecule has 0 saturated heterocycles. The molecule has 0 saturated carbocycles. The van der Waals surface area contributed by atoms with Crippen molar-refractivity contribution >= 4 is 27.9 Å². The van der Waals surface area contributed by atoms with Crippen LogP contribution in [0.25, 0.3) is 4.96 Å². The van der Waals surface area contributed by atoms with E-state index in [9.17, 15) is 4.79 Å². The molecule has 0 unspecified atom stereocenters. The van der Waals surface area contributed by atoms with Gasteiger partial charge in [0.1, 0.15) is 11.4 Å². The van der Waals surface area contributed by atoms with Crippen molar-refractivity contribution in [1.29, 1.82) is 0 Å². The third-order valence-corrected chi connectivity index (χ3v) is 3.76. The molecule has 0 aliphatic carbocycles. The Labute approximate surface area is 122 Å². The zero-order valence-corrected chi connectivity index (χ0v) is 12.0. The Morgan fingerprint density at radius 2 is 2.05 bits per heavy atom.